The van der Waals surface area contributed by atoms with Crippen molar-refractivity contribution >= 4 is 11.7 Å². The van der Waals surface area contributed by atoms with Gasteiger partial charge in [-0.2, -0.15) is 0 Å². The largest absolute Gasteiger partial charge is 0.355 e. The van der Waals surface area contributed by atoms with E-state index in [2.05, 4.69) is 20.6 Å². The molecule has 0 aliphatic carbocycles. The van der Waals surface area contributed by atoms with Crippen molar-refractivity contribution < 1.29 is 4.79 Å². The number of nitrogens with two attached hydrogens (primary N) is 1. The van der Waals surface area contributed by atoms with Gasteiger partial charge in [0.05, 0.1) is 6.54 Å². The minimum Gasteiger partial charge on any atom is -0.355 e. The molecule has 0 bridgehead atoms. The minimum absolute atomic E-state index is 0.0468. The number of hydrogen-bond donors (Lipinski definition) is 3. The lowest BCUT2D eigenvalue weighted by Crippen LogP contribution is -2.36. The maximum atomic E-state index is 11.5. The zero-order valence-corrected chi connectivity index (χ0v) is 10.9. The first-order valence-corrected chi connectivity index (χ1v) is 6.10. The summed E-state index contributed by atoms with van der Waals surface area (Å²) >= 11 is 0. The van der Waals surface area contributed by atoms with Crippen LogP contribution in [0.2, 0.25) is 0 Å². The van der Waals surface area contributed by atoms with Crippen molar-refractivity contribution in [3.63, 3.8) is 0 Å². The summed E-state index contributed by atoms with van der Waals surface area (Å²) in [5, 5.41) is 2.79. The Labute approximate surface area is 108 Å². The van der Waals surface area contributed by atoms with E-state index in [0.717, 1.165) is 12.1 Å². The van der Waals surface area contributed by atoms with Crippen LogP contribution in [0.5, 0.6) is 0 Å². The lowest BCUT2D eigenvalue weighted by molar-refractivity contribution is -0.122. The molecule has 4 N–H and O–H groups in total. The lowest BCUT2D eigenvalue weighted by atomic mass is 10.2. The van der Waals surface area contributed by atoms with E-state index in [9.17, 15) is 4.79 Å². The van der Waals surface area contributed by atoms with Gasteiger partial charge in [0.2, 0.25) is 5.91 Å². The van der Waals surface area contributed by atoms with Crippen LogP contribution < -0.4 is 16.6 Å². The van der Waals surface area contributed by atoms with Crippen LogP contribution in [0.15, 0.2) is 18.3 Å². The highest BCUT2D eigenvalue weighted by Gasteiger charge is 2.09. The molecular formula is C12H21N5O. The average Bonchev–Trinajstić information content (AvgIpc) is 2.38. The van der Waals surface area contributed by atoms with Gasteiger partial charge in [0.25, 0.3) is 0 Å². The summed E-state index contributed by atoms with van der Waals surface area (Å²) in [5.41, 5.74) is 3.58. The molecule has 100 valence electrons. The number of nitrogens with zero attached hydrogens (tertiary/aromatic N) is 2. The first-order valence-electron chi connectivity index (χ1n) is 6.10. The first-order chi connectivity index (χ1) is 8.69. The van der Waals surface area contributed by atoms with Crippen molar-refractivity contribution in [1.82, 2.24) is 15.2 Å². The number of carbonyl (C=O) groups is 1. The van der Waals surface area contributed by atoms with Gasteiger partial charge < -0.3 is 10.7 Å². The standard InChI is InChI=1S/C12H21N5O/c1-3-14-12(18)9-17(4-2)8-10-5-6-15-11(7-10)16-13/h5-7H,3-4,8-9,13H2,1-2H3,(H,14,18)(H,15,16). The van der Waals surface area contributed by atoms with Gasteiger partial charge in [-0.05, 0) is 31.2 Å². The number of hydrazine groups is 1. The van der Waals surface area contributed by atoms with Crippen LogP contribution >= 0.6 is 0 Å². The van der Waals surface area contributed by atoms with Gasteiger partial charge in [0.15, 0.2) is 0 Å². The Kier molecular flexibility index (Phi) is 6.10. The van der Waals surface area contributed by atoms with E-state index in [-0.39, 0.29) is 5.91 Å². The molecule has 0 fully saturated rings. The number of nitrogens with one attached hydrogen (secondary N) is 2. The number of aromatic nitrogens is 1. The number of nitrogen functional groups attached to an aromatic ring is 1. The number of anilines is 1. The number of rotatable bonds is 7. The highest BCUT2D eigenvalue weighted by molar-refractivity contribution is 5.77. The van der Waals surface area contributed by atoms with Crippen LogP contribution in [0, 0.1) is 0 Å². The highest BCUT2D eigenvalue weighted by Crippen LogP contribution is 2.08. The van der Waals surface area contributed by atoms with E-state index in [1.807, 2.05) is 26.0 Å². The van der Waals surface area contributed by atoms with E-state index in [0.29, 0.717) is 25.5 Å². The summed E-state index contributed by atoms with van der Waals surface area (Å²) in [6.45, 7) is 6.51. The summed E-state index contributed by atoms with van der Waals surface area (Å²) < 4.78 is 0. The Hall–Kier alpha value is -1.66. The van der Waals surface area contributed by atoms with E-state index in [1.54, 1.807) is 6.20 Å². The van der Waals surface area contributed by atoms with Crippen LogP contribution in [0.25, 0.3) is 0 Å². The molecule has 0 radical (unpaired) electrons. The summed E-state index contributed by atoms with van der Waals surface area (Å²) in [5.74, 6) is 5.99. The summed E-state index contributed by atoms with van der Waals surface area (Å²) in [7, 11) is 0. The Morgan fingerprint density at radius 1 is 1.50 bits per heavy atom. The van der Waals surface area contributed by atoms with Gasteiger partial charge in [0.1, 0.15) is 5.82 Å². The third kappa shape index (κ3) is 4.68. The van der Waals surface area contributed by atoms with Gasteiger partial charge >= 0.3 is 0 Å². The number of likely N-dealkylation sites (N-methyl/N-ethyl adjacent to an activating group) is 2. The molecule has 0 spiro atoms. The Balaban J connectivity index is 2.58. The van der Waals surface area contributed by atoms with Gasteiger partial charge in [-0.3, -0.25) is 9.69 Å². The predicted octanol–water partition coefficient (Wildman–Crippen LogP) is 0.325. The van der Waals surface area contributed by atoms with Crippen LogP contribution in [0.3, 0.4) is 0 Å². The zero-order valence-electron chi connectivity index (χ0n) is 10.9. The smallest absolute Gasteiger partial charge is 0.234 e. The van der Waals surface area contributed by atoms with Gasteiger partial charge in [0, 0.05) is 19.3 Å². The van der Waals surface area contributed by atoms with E-state index < -0.39 is 0 Å². The molecule has 0 aromatic carbocycles. The summed E-state index contributed by atoms with van der Waals surface area (Å²) in [6.07, 6.45) is 1.70. The number of hydrogen-bond acceptors (Lipinski definition) is 5. The van der Waals surface area contributed by atoms with Gasteiger partial charge in [-0.25, -0.2) is 10.8 Å². The highest BCUT2D eigenvalue weighted by atomic mass is 16.2. The third-order valence-electron chi connectivity index (χ3n) is 2.57. The molecule has 0 aliphatic rings. The summed E-state index contributed by atoms with van der Waals surface area (Å²) in [6, 6.07) is 3.79. The van der Waals surface area contributed by atoms with Gasteiger partial charge in [-0.15, -0.1) is 0 Å². The molecule has 1 heterocycles. The van der Waals surface area contributed by atoms with Crippen molar-refractivity contribution in [2.24, 2.45) is 5.84 Å². The second kappa shape index (κ2) is 7.62. The first kappa shape index (κ1) is 14.4. The predicted molar refractivity (Wildman–Crippen MR) is 71.7 cm³/mol. The molecular weight excluding hydrogens is 230 g/mol. The van der Waals surface area contributed by atoms with Gasteiger partial charge in [-0.1, -0.05) is 6.92 Å². The Morgan fingerprint density at radius 3 is 2.89 bits per heavy atom. The van der Waals surface area contributed by atoms with Crippen molar-refractivity contribution in [3.05, 3.63) is 23.9 Å². The molecule has 1 rings (SSSR count). The maximum Gasteiger partial charge on any atom is 0.234 e. The molecule has 1 aromatic heterocycles. The quantitative estimate of drug-likeness (QED) is 0.480. The molecule has 0 saturated carbocycles. The molecule has 6 heteroatoms. The van der Waals surface area contributed by atoms with Crippen molar-refractivity contribution in [3.8, 4) is 0 Å². The lowest BCUT2D eigenvalue weighted by Gasteiger charge is -2.19. The monoisotopic (exact) mass is 251 g/mol. The van der Waals surface area contributed by atoms with Crippen LogP contribution in [-0.4, -0.2) is 35.4 Å². The topological polar surface area (TPSA) is 83.3 Å². The van der Waals surface area contributed by atoms with Crippen molar-refractivity contribution in [2.75, 3.05) is 25.1 Å². The number of carbonyl (C=O) groups excluding carboxylic acids is 1. The van der Waals surface area contributed by atoms with Crippen molar-refractivity contribution in [1.29, 1.82) is 0 Å². The third-order valence-corrected chi connectivity index (χ3v) is 2.57. The van der Waals surface area contributed by atoms with E-state index in [4.69, 9.17) is 5.84 Å². The average molecular weight is 251 g/mol. The molecule has 0 saturated heterocycles. The number of pyridine rings is 1. The second-order valence-corrected chi connectivity index (χ2v) is 3.95. The molecule has 0 aliphatic heterocycles. The fraction of sp³-hybridized carbons (Fsp3) is 0.500. The Bertz CT molecular complexity index is 382. The summed E-state index contributed by atoms with van der Waals surface area (Å²) in [4.78, 5) is 17.6. The van der Waals surface area contributed by atoms with E-state index >= 15 is 0 Å². The molecule has 0 unspecified atom stereocenters. The molecule has 1 aromatic rings. The maximum absolute atomic E-state index is 11.5. The normalized spacial score (nSPS) is 10.4. The second-order valence-electron chi connectivity index (χ2n) is 3.95. The fourth-order valence-electron chi connectivity index (χ4n) is 1.65. The van der Waals surface area contributed by atoms with Crippen LogP contribution in [-0.2, 0) is 11.3 Å². The number of amides is 1. The van der Waals surface area contributed by atoms with Crippen molar-refractivity contribution in [2.45, 2.75) is 20.4 Å². The van der Waals surface area contributed by atoms with E-state index in [1.165, 1.54) is 0 Å². The Morgan fingerprint density at radius 2 is 2.28 bits per heavy atom. The zero-order chi connectivity index (χ0) is 13.4. The molecule has 1 amide bonds. The molecule has 6 nitrogen and oxygen atoms in total. The SMILES string of the molecule is CCNC(=O)CN(CC)Cc1ccnc(NN)c1. The molecule has 0 atom stereocenters. The minimum atomic E-state index is 0.0468. The molecule has 18 heavy (non-hydrogen) atoms. The van der Waals surface area contributed by atoms with Crippen LogP contribution in [0.1, 0.15) is 19.4 Å². The fourth-order valence-corrected chi connectivity index (χ4v) is 1.65. The van der Waals surface area contributed by atoms with Crippen LogP contribution in [0.4, 0.5) is 5.82 Å².